The smallest absolute Gasteiger partial charge is 0.341 e. The third kappa shape index (κ3) is 4.56. The van der Waals surface area contributed by atoms with E-state index in [-0.39, 0.29) is 26.1 Å². The fraction of sp³-hybridized carbons (Fsp3) is 0.333. The number of carbonyl (C=O) groups is 1. The first-order chi connectivity index (χ1) is 17.0. The van der Waals surface area contributed by atoms with Gasteiger partial charge in [-0.25, -0.2) is 42.1 Å². The van der Waals surface area contributed by atoms with Crippen molar-refractivity contribution in [1.82, 2.24) is 23.1 Å². The third-order valence-corrected chi connectivity index (χ3v) is 6.30. The molecule has 0 spiro atoms. The van der Waals surface area contributed by atoms with Crippen LogP contribution >= 0.6 is 22.9 Å². The van der Waals surface area contributed by atoms with E-state index in [2.05, 4.69) is 4.99 Å². The van der Waals surface area contributed by atoms with E-state index in [1.165, 1.54) is 4.68 Å². The zero-order valence-electron chi connectivity index (χ0n) is 19.3. The van der Waals surface area contributed by atoms with Crippen molar-refractivity contribution >= 4 is 40.8 Å². The second-order valence-electron chi connectivity index (χ2n) is 8.03. The molecule has 0 unspecified atom stereocenters. The van der Waals surface area contributed by atoms with Crippen LogP contribution in [0.1, 0.15) is 20.3 Å². The first-order valence-corrected chi connectivity index (χ1v) is 11.8. The SMILES string of the molecule is CC(C)OC(=O)Cn1c(=O)n(C)c(=O)n(-c2cc(N=c3sc(=O)n4n3CCC=C4)c(F)cc2Cl)c1=O. The lowest BCUT2D eigenvalue weighted by atomic mass is 10.2. The van der Waals surface area contributed by atoms with Crippen LogP contribution in [-0.2, 0) is 29.7 Å². The Morgan fingerprint density at radius 1 is 1.19 bits per heavy atom. The van der Waals surface area contributed by atoms with Gasteiger partial charge in [-0.05, 0) is 43.7 Å². The molecule has 12 nitrogen and oxygen atoms in total. The van der Waals surface area contributed by atoms with Crippen LogP contribution in [0.25, 0.3) is 11.9 Å². The lowest BCUT2D eigenvalue weighted by molar-refractivity contribution is -0.148. The Bertz CT molecular complexity index is 1720. The Kier molecular flexibility index (Phi) is 6.82. The molecule has 0 saturated heterocycles. The molecule has 0 amide bonds. The van der Waals surface area contributed by atoms with Crippen molar-refractivity contribution < 1.29 is 13.9 Å². The number of hydrogen-bond acceptors (Lipinski definition) is 8. The van der Waals surface area contributed by atoms with Gasteiger partial charge in [-0.1, -0.05) is 17.7 Å². The molecule has 2 aromatic heterocycles. The number of carbonyl (C=O) groups excluding carboxylic acids is 1. The van der Waals surface area contributed by atoms with Gasteiger partial charge in [-0.3, -0.25) is 14.3 Å². The molecule has 0 atom stereocenters. The molecule has 0 radical (unpaired) electrons. The van der Waals surface area contributed by atoms with E-state index in [1.54, 1.807) is 24.7 Å². The summed E-state index contributed by atoms with van der Waals surface area (Å²) in [5, 5.41) is -0.316. The topological polar surface area (TPSA) is 132 Å². The first kappa shape index (κ1) is 25.3. The predicted octanol–water partition coefficient (Wildman–Crippen LogP) is 0.574. The quantitative estimate of drug-likeness (QED) is 0.436. The Morgan fingerprint density at radius 3 is 2.61 bits per heavy atom. The zero-order valence-corrected chi connectivity index (χ0v) is 20.9. The van der Waals surface area contributed by atoms with Crippen molar-refractivity contribution in [2.24, 2.45) is 12.0 Å². The molecule has 1 aliphatic rings. The molecule has 36 heavy (non-hydrogen) atoms. The summed E-state index contributed by atoms with van der Waals surface area (Å²) >= 11 is 6.97. The van der Waals surface area contributed by atoms with Crippen molar-refractivity contribution in [2.75, 3.05) is 0 Å². The molecule has 0 N–H and O–H groups in total. The average Bonchev–Trinajstić information content (AvgIpc) is 3.13. The number of fused-ring (bicyclic) bond motifs is 1. The fourth-order valence-electron chi connectivity index (χ4n) is 3.52. The molecule has 1 aliphatic heterocycles. The number of allylic oxidation sites excluding steroid dienone is 1. The Morgan fingerprint density at radius 2 is 1.92 bits per heavy atom. The highest BCUT2D eigenvalue weighted by atomic mass is 35.5. The summed E-state index contributed by atoms with van der Waals surface area (Å²) in [5.41, 5.74) is -3.84. The lowest BCUT2D eigenvalue weighted by Crippen LogP contribution is -2.54. The summed E-state index contributed by atoms with van der Waals surface area (Å²) in [7, 11) is 1.11. The predicted molar refractivity (Wildman–Crippen MR) is 129 cm³/mol. The van der Waals surface area contributed by atoms with Gasteiger partial charge in [-0.2, -0.15) is 0 Å². The van der Waals surface area contributed by atoms with Gasteiger partial charge in [0.15, 0.2) is 5.82 Å². The lowest BCUT2D eigenvalue weighted by Gasteiger charge is -2.14. The van der Waals surface area contributed by atoms with Crippen LogP contribution in [0.2, 0.25) is 5.02 Å². The fourth-order valence-corrected chi connectivity index (χ4v) is 4.59. The summed E-state index contributed by atoms with van der Waals surface area (Å²) in [4.78, 5) is 67.0. The zero-order chi connectivity index (χ0) is 26.3. The molecule has 0 fully saturated rings. The minimum atomic E-state index is -1.17. The normalized spacial score (nSPS) is 13.3. The maximum Gasteiger partial charge on any atom is 0.341 e. The second kappa shape index (κ2) is 9.70. The van der Waals surface area contributed by atoms with Gasteiger partial charge < -0.3 is 4.74 Å². The van der Waals surface area contributed by atoms with E-state index in [9.17, 15) is 28.4 Å². The molecule has 1 aromatic carbocycles. The van der Waals surface area contributed by atoms with Crippen molar-refractivity contribution in [3.63, 3.8) is 0 Å². The molecule has 3 aromatic rings. The average molecular weight is 539 g/mol. The molecular formula is C21H20ClFN6O6S. The molecule has 0 aliphatic carbocycles. The van der Waals surface area contributed by atoms with Crippen LogP contribution in [0.3, 0.4) is 0 Å². The highest BCUT2D eigenvalue weighted by molar-refractivity contribution is 7.06. The van der Waals surface area contributed by atoms with E-state index in [0.29, 0.717) is 26.7 Å². The molecule has 15 heteroatoms. The van der Waals surface area contributed by atoms with Gasteiger partial charge in [0.05, 0.1) is 16.8 Å². The summed E-state index contributed by atoms with van der Waals surface area (Å²) in [6.07, 6.45) is 3.54. The minimum absolute atomic E-state index is 0.193. The van der Waals surface area contributed by atoms with Gasteiger partial charge in [-0.15, -0.1) is 0 Å². The Balaban J connectivity index is 1.93. The number of halogens is 2. The number of hydrogen-bond donors (Lipinski definition) is 0. The van der Waals surface area contributed by atoms with E-state index in [4.69, 9.17) is 16.3 Å². The van der Waals surface area contributed by atoms with Crippen molar-refractivity contribution in [3.8, 4) is 5.69 Å². The molecule has 0 bridgehead atoms. The van der Waals surface area contributed by atoms with Gasteiger partial charge in [0, 0.05) is 19.8 Å². The third-order valence-electron chi connectivity index (χ3n) is 5.15. The first-order valence-electron chi connectivity index (χ1n) is 10.6. The van der Waals surface area contributed by atoms with Crippen LogP contribution in [0.15, 0.2) is 42.4 Å². The largest absolute Gasteiger partial charge is 0.462 e. The van der Waals surface area contributed by atoms with Gasteiger partial charge in [0.25, 0.3) is 0 Å². The van der Waals surface area contributed by atoms with Crippen LogP contribution in [0, 0.1) is 5.82 Å². The number of nitrogens with zero attached hydrogens (tertiary/aromatic N) is 6. The summed E-state index contributed by atoms with van der Waals surface area (Å²) in [6, 6.07) is 1.92. The van der Waals surface area contributed by atoms with Gasteiger partial charge in [0.1, 0.15) is 12.2 Å². The highest BCUT2D eigenvalue weighted by Gasteiger charge is 2.21. The minimum Gasteiger partial charge on any atom is -0.462 e. The van der Waals surface area contributed by atoms with E-state index >= 15 is 0 Å². The van der Waals surface area contributed by atoms with E-state index < -0.39 is 41.5 Å². The number of ether oxygens (including phenoxy) is 1. The van der Waals surface area contributed by atoms with Crippen LogP contribution < -0.4 is 26.7 Å². The highest BCUT2D eigenvalue weighted by Crippen LogP contribution is 2.27. The van der Waals surface area contributed by atoms with Crippen molar-refractivity contribution in [2.45, 2.75) is 39.5 Å². The van der Waals surface area contributed by atoms with E-state index in [0.717, 1.165) is 30.5 Å². The molecular weight excluding hydrogens is 519 g/mol. The number of rotatable bonds is 5. The maximum atomic E-state index is 14.8. The van der Waals surface area contributed by atoms with Crippen molar-refractivity contribution in [1.29, 1.82) is 0 Å². The van der Waals surface area contributed by atoms with Gasteiger partial charge in [0.2, 0.25) is 4.80 Å². The van der Waals surface area contributed by atoms with E-state index in [1.807, 2.05) is 6.08 Å². The molecule has 4 rings (SSSR count). The molecule has 3 heterocycles. The molecule has 0 saturated carbocycles. The van der Waals surface area contributed by atoms with Crippen LogP contribution in [0.5, 0.6) is 0 Å². The number of aromatic nitrogens is 5. The molecule has 190 valence electrons. The van der Waals surface area contributed by atoms with Gasteiger partial charge >= 0.3 is 27.9 Å². The monoisotopic (exact) mass is 538 g/mol. The summed E-state index contributed by atoms with van der Waals surface area (Å²) in [5.74, 6) is -1.73. The maximum absolute atomic E-state index is 14.8. The van der Waals surface area contributed by atoms with Crippen molar-refractivity contribution in [3.05, 3.63) is 75.0 Å². The summed E-state index contributed by atoms with van der Waals surface area (Å²) < 4.78 is 24.4. The number of esters is 1. The number of benzene rings is 1. The van der Waals surface area contributed by atoms with Crippen LogP contribution in [0.4, 0.5) is 10.1 Å². The second-order valence-corrected chi connectivity index (χ2v) is 9.35. The Labute approximate surface area is 210 Å². The standard InChI is InChI=1S/C21H20ClFN6O6S/c1-11(2)35-16(30)10-26-18(31)25(3)19(32)29(20(26)33)15-9-14(13(23)8-12(15)22)24-17-27-6-4-5-7-28(27)21(34)36-17/h5,7-9,11H,4,6,10H2,1-3H3. The summed E-state index contributed by atoms with van der Waals surface area (Å²) in [6.45, 7) is 2.87. The van der Waals surface area contributed by atoms with Crippen LogP contribution in [-0.4, -0.2) is 35.1 Å². The Hall–Kier alpha value is -3.78.